The van der Waals surface area contributed by atoms with E-state index in [-0.39, 0.29) is 13.2 Å². The smallest absolute Gasteiger partial charge is 0.109 e. The molecule has 0 amide bonds. The Bertz CT molecular complexity index is 235. The summed E-state index contributed by atoms with van der Waals surface area (Å²) in [6.45, 7) is 2.07. The lowest BCUT2D eigenvalue weighted by molar-refractivity contribution is -0.177. The summed E-state index contributed by atoms with van der Waals surface area (Å²) < 4.78 is 0. The third-order valence-electron chi connectivity index (χ3n) is 3.98. The Morgan fingerprint density at radius 2 is 1.32 bits per heavy atom. The first-order chi connectivity index (χ1) is 9.08. The molecule has 0 aromatic carbocycles. The second kappa shape index (κ2) is 8.14. The van der Waals surface area contributed by atoms with Gasteiger partial charge in [0.1, 0.15) is 18.3 Å². The minimum Gasteiger partial charge on any atom is -0.395 e. The van der Waals surface area contributed by atoms with E-state index >= 15 is 0 Å². The first-order valence-electron chi connectivity index (χ1n) is 7.10. The highest BCUT2D eigenvalue weighted by Gasteiger charge is 2.46. The molecule has 0 saturated carbocycles. The van der Waals surface area contributed by atoms with Gasteiger partial charge in [0, 0.05) is 0 Å². The van der Waals surface area contributed by atoms with Gasteiger partial charge in [0.25, 0.3) is 0 Å². The number of hydrogen-bond acceptors (Lipinski definition) is 6. The maximum absolute atomic E-state index is 9.90. The van der Waals surface area contributed by atoms with Crippen LogP contribution in [0.15, 0.2) is 0 Å². The van der Waals surface area contributed by atoms with E-state index in [2.05, 4.69) is 6.92 Å². The molecule has 0 spiro atoms. The number of nitrogens with zero attached hydrogens (tertiary/aromatic N) is 1. The number of likely N-dealkylation sites (tertiary alicyclic amines) is 1. The van der Waals surface area contributed by atoms with Gasteiger partial charge in [0.2, 0.25) is 0 Å². The van der Waals surface area contributed by atoms with Crippen LogP contribution in [0.5, 0.6) is 0 Å². The lowest BCUT2D eigenvalue weighted by Crippen LogP contribution is -2.68. The highest BCUT2D eigenvalue weighted by molar-refractivity contribution is 5.00. The van der Waals surface area contributed by atoms with Crippen molar-refractivity contribution in [1.82, 2.24) is 4.90 Å². The second-order valence-electron chi connectivity index (χ2n) is 5.27. The van der Waals surface area contributed by atoms with Gasteiger partial charge >= 0.3 is 0 Å². The Morgan fingerprint density at radius 1 is 0.789 bits per heavy atom. The van der Waals surface area contributed by atoms with Crippen molar-refractivity contribution in [2.45, 2.75) is 63.0 Å². The van der Waals surface area contributed by atoms with Crippen LogP contribution in [0, 0.1) is 0 Å². The number of rotatable bonds is 7. The van der Waals surface area contributed by atoms with E-state index in [1.165, 1.54) is 0 Å². The van der Waals surface area contributed by atoms with Crippen LogP contribution in [0.4, 0.5) is 0 Å². The summed E-state index contributed by atoms with van der Waals surface area (Å²) in [5.41, 5.74) is 0. The molecule has 6 nitrogen and oxygen atoms in total. The maximum atomic E-state index is 9.90. The molecule has 0 unspecified atom stereocenters. The van der Waals surface area contributed by atoms with Crippen molar-refractivity contribution < 1.29 is 25.5 Å². The predicted octanol–water partition coefficient (Wildman–Crippen LogP) is -1.31. The van der Waals surface area contributed by atoms with Crippen LogP contribution in [0.1, 0.15) is 32.6 Å². The molecular formula is C13H27NO5. The molecule has 19 heavy (non-hydrogen) atoms. The van der Waals surface area contributed by atoms with Crippen molar-refractivity contribution in [2.75, 3.05) is 19.8 Å². The summed E-state index contributed by atoms with van der Waals surface area (Å²) in [6, 6.07) is -1.28. The van der Waals surface area contributed by atoms with Crippen molar-refractivity contribution in [3.63, 3.8) is 0 Å². The molecule has 6 heteroatoms. The highest BCUT2D eigenvalue weighted by Crippen LogP contribution is 2.25. The summed E-state index contributed by atoms with van der Waals surface area (Å²) in [4.78, 5) is 1.72. The van der Waals surface area contributed by atoms with Gasteiger partial charge in [-0.2, -0.15) is 0 Å². The number of hydrogen-bond donors (Lipinski definition) is 5. The largest absolute Gasteiger partial charge is 0.395 e. The molecular weight excluding hydrogens is 250 g/mol. The van der Waals surface area contributed by atoms with Gasteiger partial charge in [0.05, 0.1) is 25.3 Å². The van der Waals surface area contributed by atoms with E-state index in [9.17, 15) is 25.5 Å². The maximum Gasteiger partial charge on any atom is 0.109 e. The van der Waals surface area contributed by atoms with Crippen molar-refractivity contribution in [1.29, 1.82) is 0 Å². The fraction of sp³-hybridized carbons (Fsp3) is 1.00. The van der Waals surface area contributed by atoms with Gasteiger partial charge in [-0.15, -0.1) is 0 Å². The van der Waals surface area contributed by atoms with E-state index in [1.807, 2.05) is 0 Å². The monoisotopic (exact) mass is 277 g/mol. The van der Waals surface area contributed by atoms with Crippen LogP contribution in [0.25, 0.3) is 0 Å². The Morgan fingerprint density at radius 3 is 1.74 bits per heavy atom. The Balaban J connectivity index is 2.69. The van der Waals surface area contributed by atoms with E-state index in [1.54, 1.807) is 4.90 Å². The van der Waals surface area contributed by atoms with Crippen molar-refractivity contribution in [3.05, 3.63) is 0 Å². The highest BCUT2D eigenvalue weighted by atomic mass is 16.4. The van der Waals surface area contributed by atoms with Gasteiger partial charge in [-0.3, -0.25) is 4.90 Å². The molecule has 1 fully saturated rings. The minimum atomic E-state index is -1.33. The van der Waals surface area contributed by atoms with Crippen molar-refractivity contribution >= 4 is 0 Å². The zero-order valence-electron chi connectivity index (χ0n) is 11.5. The molecule has 5 N–H and O–H groups in total. The average Bonchev–Trinajstić information content (AvgIpc) is 2.41. The van der Waals surface area contributed by atoms with E-state index < -0.39 is 30.4 Å². The molecule has 0 aromatic heterocycles. The van der Waals surface area contributed by atoms with E-state index in [0.29, 0.717) is 6.54 Å². The van der Waals surface area contributed by atoms with E-state index in [0.717, 1.165) is 25.7 Å². The number of aliphatic hydroxyl groups excluding tert-OH is 5. The molecule has 1 aliphatic rings. The van der Waals surface area contributed by atoms with Crippen LogP contribution < -0.4 is 0 Å². The molecule has 1 heterocycles. The molecule has 1 aliphatic heterocycles. The zero-order chi connectivity index (χ0) is 14.4. The Hall–Kier alpha value is -0.240. The fourth-order valence-electron chi connectivity index (χ4n) is 2.77. The van der Waals surface area contributed by atoms with Crippen LogP contribution >= 0.6 is 0 Å². The van der Waals surface area contributed by atoms with Gasteiger partial charge < -0.3 is 25.5 Å². The molecule has 1 rings (SSSR count). The summed E-state index contributed by atoms with van der Waals surface area (Å²) in [6.07, 6.45) is 0.379. The number of piperidine rings is 1. The first kappa shape index (κ1) is 16.8. The van der Waals surface area contributed by atoms with Crippen LogP contribution in [-0.4, -0.2) is 80.6 Å². The summed E-state index contributed by atoms with van der Waals surface area (Å²) in [5.74, 6) is 0. The molecule has 0 aromatic rings. The van der Waals surface area contributed by atoms with E-state index in [4.69, 9.17) is 0 Å². The van der Waals surface area contributed by atoms with Crippen LogP contribution in [0.2, 0.25) is 0 Å². The Kier molecular flexibility index (Phi) is 7.20. The third-order valence-corrected chi connectivity index (χ3v) is 3.98. The van der Waals surface area contributed by atoms with Crippen molar-refractivity contribution in [2.24, 2.45) is 0 Å². The molecule has 1 saturated heterocycles. The van der Waals surface area contributed by atoms with Gasteiger partial charge in [-0.1, -0.05) is 26.2 Å². The van der Waals surface area contributed by atoms with Crippen molar-refractivity contribution in [3.8, 4) is 0 Å². The second-order valence-corrected chi connectivity index (χ2v) is 5.27. The summed E-state index contributed by atoms with van der Waals surface area (Å²) in [5, 5.41) is 48.3. The molecule has 0 bridgehead atoms. The number of unbranched alkanes of at least 4 members (excludes halogenated alkanes) is 3. The zero-order valence-corrected chi connectivity index (χ0v) is 11.5. The molecule has 0 radical (unpaired) electrons. The molecule has 0 aliphatic carbocycles. The molecule has 4 atom stereocenters. The lowest BCUT2D eigenvalue weighted by Gasteiger charge is -2.48. The number of aliphatic hydroxyl groups is 5. The van der Waals surface area contributed by atoms with Gasteiger partial charge in [-0.25, -0.2) is 0 Å². The van der Waals surface area contributed by atoms with Gasteiger partial charge in [-0.05, 0) is 13.0 Å². The molecule has 114 valence electrons. The normalized spacial score (nSPS) is 36.6. The van der Waals surface area contributed by atoms with Crippen LogP contribution in [-0.2, 0) is 0 Å². The Labute approximate surface area is 114 Å². The van der Waals surface area contributed by atoms with Crippen LogP contribution in [0.3, 0.4) is 0 Å². The standard InChI is InChI=1S/C13H27NO5/c1-2-3-4-5-6-14-9(7-15)11(17)13(19)12(18)10(14)8-16/h9-13,15-19H,2-8H2,1H3/t9-,10-,11+,12+/m1/s1. The average molecular weight is 277 g/mol. The topological polar surface area (TPSA) is 104 Å². The van der Waals surface area contributed by atoms with Gasteiger partial charge in [0.15, 0.2) is 0 Å². The lowest BCUT2D eigenvalue weighted by atomic mass is 9.88. The third kappa shape index (κ3) is 3.87. The predicted molar refractivity (Wildman–Crippen MR) is 70.6 cm³/mol. The minimum absolute atomic E-state index is 0.310. The SMILES string of the molecule is CCCCCCN1[C@H](CO)[C@H](O)C(O)[C@@H](O)[C@H]1CO. The first-order valence-corrected chi connectivity index (χ1v) is 7.10. The summed E-state index contributed by atoms with van der Waals surface area (Å²) in [7, 11) is 0. The quantitative estimate of drug-likeness (QED) is 0.370. The fourth-order valence-corrected chi connectivity index (χ4v) is 2.77. The summed E-state index contributed by atoms with van der Waals surface area (Å²) >= 11 is 0.